The molecule has 1 fully saturated rings. The lowest BCUT2D eigenvalue weighted by atomic mass is 9.72. The number of aromatic nitrogens is 1. The number of hydrogen-bond donors (Lipinski definition) is 1. The van der Waals surface area contributed by atoms with Crippen LogP contribution in [0.3, 0.4) is 0 Å². The van der Waals surface area contributed by atoms with Crippen molar-refractivity contribution in [2.45, 2.75) is 24.8 Å². The fraction of sp³-hybridized carbons (Fsp3) is 0.412. The van der Waals surface area contributed by atoms with Crippen LogP contribution in [0.4, 0.5) is 0 Å². The van der Waals surface area contributed by atoms with E-state index >= 15 is 0 Å². The third kappa shape index (κ3) is 1.73. The lowest BCUT2D eigenvalue weighted by Gasteiger charge is -2.43. The molecule has 5 heteroatoms. The normalized spacial score (nSPS) is 26.4. The van der Waals surface area contributed by atoms with Crippen molar-refractivity contribution in [2.75, 3.05) is 13.7 Å². The predicted molar refractivity (Wildman–Crippen MR) is 81.0 cm³/mol. The van der Waals surface area contributed by atoms with Crippen LogP contribution in [0.1, 0.15) is 23.5 Å². The number of benzene rings is 1. The number of ether oxygens (including phenoxy) is 1. The zero-order chi connectivity index (χ0) is 15.3. The smallest absolute Gasteiger partial charge is 0.310 e. The van der Waals surface area contributed by atoms with Crippen molar-refractivity contribution in [2.24, 2.45) is 5.92 Å². The summed E-state index contributed by atoms with van der Waals surface area (Å²) in [7, 11) is 1.41. The minimum Gasteiger partial charge on any atom is -0.469 e. The maximum atomic E-state index is 12.0. The van der Waals surface area contributed by atoms with Gasteiger partial charge in [0.25, 0.3) is 0 Å². The van der Waals surface area contributed by atoms with E-state index in [1.54, 1.807) is 4.90 Å². The van der Waals surface area contributed by atoms with Crippen molar-refractivity contribution in [3.05, 3.63) is 35.5 Å². The fourth-order valence-corrected chi connectivity index (χ4v) is 4.15. The largest absolute Gasteiger partial charge is 0.469 e. The Labute approximate surface area is 128 Å². The molecule has 3 atom stereocenters. The Hall–Kier alpha value is -2.48. The monoisotopic (exact) mass is 295 g/mol. The van der Waals surface area contributed by atoms with Gasteiger partial charge in [-0.25, -0.2) is 0 Å². The number of nitrogens with one attached hydrogen (secondary N) is 1. The third-order valence-corrected chi connectivity index (χ3v) is 5.13. The molecule has 0 bridgehead atoms. The van der Waals surface area contributed by atoms with E-state index in [1.807, 2.05) is 12.3 Å². The average molecular weight is 295 g/mol. The summed E-state index contributed by atoms with van der Waals surface area (Å²) in [6.07, 6.45) is 5.93. The number of piperidine rings is 1. The molecule has 1 aliphatic heterocycles. The molecule has 112 valence electrons. The van der Waals surface area contributed by atoms with Gasteiger partial charge in [-0.15, -0.1) is 0 Å². The van der Waals surface area contributed by atoms with Gasteiger partial charge in [-0.05, 0) is 30.0 Å². The molecule has 1 N–H and O–H groups in total. The van der Waals surface area contributed by atoms with Crippen molar-refractivity contribution < 1.29 is 9.53 Å². The minimum atomic E-state index is -0.235. The van der Waals surface area contributed by atoms with Gasteiger partial charge in [0.2, 0.25) is 0 Å². The summed E-state index contributed by atoms with van der Waals surface area (Å²) in [6, 6.07) is 6.38. The standard InChI is InChI=1S/C17H17N3O2/c1-22-17(21)11-5-13-12-3-2-4-14-16(12)10(7-19-14)6-15(13)20(8-11)9-18/h2-4,7,11,13,15,19H,5-6,8H2,1H3/t11?,13-,15-/m0/s1. The zero-order valence-electron chi connectivity index (χ0n) is 12.4. The second-order valence-corrected chi connectivity index (χ2v) is 6.17. The number of carbonyl (C=O) groups is 1. The summed E-state index contributed by atoms with van der Waals surface area (Å²) in [5.74, 6) is -0.253. The topological polar surface area (TPSA) is 69.1 Å². The van der Waals surface area contributed by atoms with E-state index in [0.29, 0.717) is 6.54 Å². The summed E-state index contributed by atoms with van der Waals surface area (Å²) in [5.41, 5.74) is 3.65. The first-order valence-corrected chi connectivity index (χ1v) is 7.56. The molecule has 1 unspecified atom stereocenters. The SMILES string of the molecule is COC(=O)C1C[C@H]2c3cccc4[nH]cc(c34)C[C@@H]2N(C#N)C1. The van der Waals surface area contributed by atoms with Crippen molar-refractivity contribution in [3.8, 4) is 6.19 Å². The number of methoxy groups -OCH3 is 1. The summed E-state index contributed by atoms with van der Waals surface area (Å²) in [6.45, 7) is 0.458. The van der Waals surface area contributed by atoms with Gasteiger partial charge < -0.3 is 14.6 Å². The first kappa shape index (κ1) is 13.2. The van der Waals surface area contributed by atoms with Crippen LogP contribution in [0.15, 0.2) is 24.4 Å². The highest BCUT2D eigenvalue weighted by Crippen LogP contribution is 2.44. The number of hydrogen-bond acceptors (Lipinski definition) is 4. The van der Waals surface area contributed by atoms with Crippen LogP contribution in [0.5, 0.6) is 0 Å². The van der Waals surface area contributed by atoms with E-state index in [-0.39, 0.29) is 23.8 Å². The number of aromatic amines is 1. The Bertz CT molecular complexity index is 789. The molecule has 0 amide bonds. The lowest BCUT2D eigenvalue weighted by Crippen LogP contribution is -2.49. The number of carbonyl (C=O) groups excluding carboxylic acids is 1. The zero-order valence-corrected chi connectivity index (χ0v) is 12.4. The van der Waals surface area contributed by atoms with Crippen LogP contribution >= 0.6 is 0 Å². The number of nitriles is 1. The van der Waals surface area contributed by atoms with E-state index in [0.717, 1.165) is 18.4 Å². The maximum Gasteiger partial charge on any atom is 0.310 e. The number of fused-ring (bicyclic) bond motifs is 2. The number of nitrogens with zero attached hydrogens (tertiary/aromatic N) is 2. The molecule has 0 spiro atoms. The number of H-pyrrole nitrogens is 1. The maximum absolute atomic E-state index is 12.0. The van der Waals surface area contributed by atoms with Gasteiger partial charge in [0.05, 0.1) is 19.1 Å². The van der Waals surface area contributed by atoms with Gasteiger partial charge in [-0.1, -0.05) is 12.1 Å². The highest BCUT2D eigenvalue weighted by atomic mass is 16.5. The Morgan fingerprint density at radius 1 is 1.50 bits per heavy atom. The van der Waals surface area contributed by atoms with E-state index in [9.17, 15) is 10.1 Å². The van der Waals surface area contributed by atoms with Gasteiger partial charge in [0.15, 0.2) is 6.19 Å². The van der Waals surface area contributed by atoms with Gasteiger partial charge >= 0.3 is 5.97 Å². The molecular formula is C17H17N3O2. The molecule has 2 aromatic rings. The van der Waals surface area contributed by atoms with Gasteiger partial charge in [-0.2, -0.15) is 5.26 Å². The van der Waals surface area contributed by atoms with Gasteiger partial charge in [0.1, 0.15) is 0 Å². The first-order chi connectivity index (χ1) is 10.7. The molecule has 1 aromatic carbocycles. The molecule has 0 radical (unpaired) electrons. The van der Waals surface area contributed by atoms with Gasteiger partial charge in [-0.3, -0.25) is 4.79 Å². The molecule has 2 heterocycles. The fourth-order valence-electron chi connectivity index (χ4n) is 4.15. The van der Waals surface area contributed by atoms with Crippen molar-refractivity contribution in [1.82, 2.24) is 9.88 Å². The average Bonchev–Trinajstić information content (AvgIpc) is 2.98. The number of esters is 1. The van der Waals surface area contributed by atoms with Crippen molar-refractivity contribution in [3.63, 3.8) is 0 Å². The highest BCUT2D eigenvalue weighted by molar-refractivity contribution is 5.88. The summed E-state index contributed by atoms with van der Waals surface area (Å²) in [5, 5.41) is 10.8. The molecule has 4 rings (SSSR count). The molecule has 0 saturated carbocycles. The van der Waals surface area contributed by atoms with E-state index in [4.69, 9.17) is 4.74 Å². The molecule has 1 saturated heterocycles. The van der Waals surface area contributed by atoms with E-state index in [2.05, 4.69) is 23.3 Å². The predicted octanol–water partition coefficient (Wildman–Crippen LogP) is 2.15. The Balaban J connectivity index is 1.82. The second kappa shape index (κ2) is 4.77. The molecule has 1 aliphatic carbocycles. The summed E-state index contributed by atoms with van der Waals surface area (Å²) in [4.78, 5) is 17.1. The Morgan fingerprint density at radius 2 is 2.36 bits per heavy atom. The van der Waals surface area contributed by atoms with Crippen LogP contribution in [0.2, 0.25) is 0 Å². The van der Waals surface area contributed by atoms with Crippen LogP contribution in [-0.2, 0) is 16.0 Å². The minimum absolute atomic E-state index is 0.139. The first-order valence-electron chi connectivity index (χ1n) is 7.56. The van der Waals surface area contributed by atoms with E-state index in [1.165, 1.54) is 23.6 Å². The second-order valence-electron chi connectivity index (χ2n) is 6.17. The molecular weight excluding hydrogens is 278 g/mol. The van der Waals surface area contributed by atoms with Gasteiger partial charge in [0, 0.05) is 29.6 Å². The molecule has 1 aromatic heterocycles. The summed E-state index contributed by atoms with van der Waals surface area (Å²) >= 11 is 0. The molecule has 5 nitrogen and oxygen atoms in total. The van der Waals surface area contributed by atoms with Crippen molar-refractivity contribution >= 4 is 16.9 Å². The summed E-state index contributed by atoms with van der Waals surface area (Å²) < 4.78 is 4.91. The van der Waals surface area contributed by atoms with Crippen LogP contribution in [-0.4, -0.2) is 35.5 Å². The highest BCUT2D eigenvalue weighted by Gasteiger charge is 2.43. The molecule has 2 aliphatic rings. The number of likely N-dealkylation sites (tertiary alicyclic amines) is 1. The quantitative estimate of drug-likeness (QED) is 0.646. The lowest BCUT2D eigenvalue weighted by molar-refractivity contribution is -0.147. The van der Waals surface area contributed by atoms with Crippen molar-refractivity contribution in [1.29, 1.82) is 5.26 Å². The third-order valence-electron chi connectivity index (χ3n) is 5.13. The van der Waals surface area contributed by atoms with Crippen LogP contribution in [0, 0.1) is 17.4 Å². The Morgan fingerprint density at radius 3 is 3.14 bits per heavy atom. The van der Waals surface area contributed by atoms with E-state index < -0.39 is 0 Å². The van der Waals surface area contributed by atoms with Crippen LogP contribution in [0.25, 0.3) is 10.9 Å². The number of rotatable bonds is 1. The molecule has 22 heavy (non-hydrogen) atoms. The Kier molecular flexibility index (Phi) is 2.86. The van der Waals surface area contributed by atoms with Crippen LogP contribution < -0.4 is 0 Å².